The van der Waals surface area contributed by atoms with E-state index in [0.29, 0.717) is 23.7 Å². The Bertz CT molecular complexity index is 643. The van der Waals surface area contributed by atoms with E-state index in [9.17, 15) is 4.79 Å². The summed E-state index contributed by atoms with van der Waals surface area (Å²) in [7, 11) is 1.56. The quantitative estimate of drug-likeness (QED) is 0.860. The van der Waals surface area contributed by atoms with Gasteiger partial charge in [0.05, 0.1) is 7.11 Å². The largest absolute Gasteiger partial charge is 0.493 e. The summed E-state index contributed by atoms with van der Waals surface area (Å²) >= 11 is 0. The Kier molecular flexibility index (Phi) is 5.38. The van der Waals surface area contributed by atoms with Crippen LogP contribution in [-0.2, 0) is 11.3 Å². The van der Waals surface area contributed by atoms with Gasteiger partial charge in [0.2, 0.25) is 0 Å². The summed E-state index contributed by atoms with van der Waals surface area (Å²) in [6, 6.07) is 14.6. The monoisotopic (exact) mass is 300 g/mol. The smallest absolute Gasteiger partial charge is 0.265 e. The van der Waals surface area contributed by atoms with Crippen LogP contribution in [0.5, 0.6) is 11.5 Å². The van der Waals surface area contributed by atoms with Crippen LogP contribution in [0.15, 0.2) is 48.5 Å². The predicted molar refractivity (Wildman–Crippen MR) is 86.0 cm³/mol. The minimum absolute atomic E-state index is 0.244. The number of carbonyl (C=O) groups excluding carboxylic acids is 1. The maximum Gasteiger partial charge on any atom is 0.265 e. The number of carbonyl (C=O) groups is 1. The van der Waals surface area contributed by atoms with Crippen molar-refractivity contribution < 1.29 is 14.3 Å². The number of amides is 1. The number of nitrogens with two attached hydrogens (primary N) is 1. The zero-order valence-electron chi connectivity index (χ0n) is 12.7. The summed E-state index contributed by atoms with van der Waals surface area (Å²) in [5, 5.41) is 2.83. The lowest BCUT2D eigenvalue weighted by molar-refractivity contribution is -0.122. The van der Waals surface area contributed by atoms with Gasteiger partial charge in [-0.1, -0.05) is 30.3 Å². The lowest BCUT2D eigenvalue weighted by atomic mass is 10.1. The third-order valence-corrected chi connectivity index (χ3v) is 3.24. The molecule has 3 N–H and O–H groups in total. The van der Waals surface area contributed by atoms with Gasteiger partial charge >= 0.3 is 0 Å². The molecule has 2 aromatic carbocycles. The molecule has 0 bridgehead atoms. The van der Waals surface area contributed by atoms with Gasteiger partial charge in [-0.2, -0.15) is 0 Å². The molecule has 116 valence electrons. The molecule has 0 radical (unpaired) electrons. The topological polar surface area (TPSA) is 73.6 Å². The number of anilines is 1. The Balaban J connectivity index is 2.06. The molecule has 0 aliphatic heterocycles. The molecule has 0 saturated carbocycles. The van der Waals surface area contributed by atoms with Gasteiger partial charge in [-0.05, 0) is 30.7 Å². The molecule has 22 heavy (non-hydrogen) atoms. The second-order valence-electron chi connectivity index (χ2n) is 4.76. The van der Waals surface area contributed by atoms with Crippen LogP contribution >= 0.6 is 0 Å². The second kappa shape index (κ2) is 7.47. The molecule has 0 aliphatic rings. The van der Waals surface area contributed by atoms with Crippen molar-refractivity contribution in [1.82, 2.24) is 0 Å². The predicted octanol–water partition coefficient (Wildman–Crippen LogP) is 2.56. The first-order chi connectivity index (χ1) is 10.7. The fourth-order valence-corrected chi connectivity index (χ4v) is 2.01. The molecule has 1 atom stereocenters. The van der Waals surface area contributed by atoms with Crippen molar-refractivity contribution in [2.24, 2.45) is 5.73 Å². The zero-order chi connectivity index (χ0) is 15.9. The van der Waals surface area contributed by atoms with Crippen molar-refractivity contribution >= 4 is 11.6 Å². The van der Waals surface area contributed by atoms with Crippen molar-refractivity contribution in [1.29, 1.82) is 0 Å². The molecule has 0 fully saturated rings. The Morgan fingerprint density at radius 3 is 2.45 bits per heavy atom. The average Bonchev–Trinajstić information content (AvgIpc) is 2.55. The number of hydrogen-bond acceptors (Lipinski definition) is 4. The first-order valence-corrected chi connectivity index (χ1v) is 7.04. The summed E-state index contributed by atoms with van der Waals surface area (Å²) in [5.41, 5.74) is 7.24. The highest BCUT2D eigenvalue weighted by Gasteiger charge is 2.17. The molecule has 1 unspecified atom stereocenters. The summed E-state index contributed by atoms with van der Waals surface area (Å²) < 4.78 is 10.9. The summed E-state index contributed by atoms with van der Waals surface area (Å²) in [6.07, 6.45) is -0.665. The lowest BCUT2D eigenvalue weighted by Gasteiger charge is -2.17. The summed E-state index contributed by atoms with van der Waals surface area (Å²) in [4.78, 5) is 12.3. The molecule has 0 aromatic heterocycles. The maximum atomic E-state index is 12.3. The number of methoxy groups -OCH3 is 1. The van der Waals surface area contributed by atoms with Gasteiger partial charge in [-0.3, -0.25) is 4.79 Å². The first kappa shape index (κ1) is 15.9. The van der Waals surface area contributed by atoms with Gasteiger partial charge < -0.3 is 20.5 Å². The summed E-state index contributed by atoms with van der Waals surface area (Å²) in [5.74, 6) is 0.871. The summed E-state index contributed by atoms with van der Waals surface area (Å²) in [6.45, 7) is 2.05. The normalized spacial score (nSPS) is 11.6. The van der Waals surface area contributed by atoms with E-state index in [4.69, 9.17) is 15.2 Å². The third-order valence-electron chi connectivity index (χ3n) is 3.24. The number of hydrogen-bond donors (Lipinski definition) is 2. The van der Waals surface area contributed by atoms with Gasteiger partial charge in [0.1, 0.15) is 0 Å². The highest BCUT2D eigenvalue weighted by Crippen LogP contribution is 2.27. The van der Waals surface area contributed by atoms with E-state index in [1.54, 1.807) is 26.2 Å². The molecule has 2 aromatic rings. The molecular formula is C17H20N2O3. The van der Waals surface area contributed by atoms with Gasteiger partial charge in [0, 0.05) is 12.2 Å². The Hall–Kier alpha value is -2.53. The zero-order valence-corrected chi connectivity index (χ0v) is 12.7. The van der Waals surface area contributed by atoms with Gasteiger partial charge in [-0.15, -0.1) is 0 Å². The Morgan fingerprint density at radius 1 is 1.14 bits per heavy atom. The minimum atomic E-state index is -0.665. The van der Waals surface area contributed by atoms with Crippen LogP contribution in [0.25, 0.3) is 0 Å². The second-order valence-corrected chi connectivity index (χ2v) is 4.76. The SMILES string of the molecule is COc1ccccc1OC(C)C(=O)Nc1ccccc1CN. The molecule has 0 aliphatic carbocycles. The average molecular weight is 300 g/mol. The molecule has 5 nitrogen and oxygen atoms in total. The number of rotatable bonds is 6. The van der Waals surface area contributed by atoms with E-state index in [-0.39, 0.29) is 5.91 Å². The van der Waals surface area contributed by atoms with E-state index in [0.717, 1.165) is 5.56 Å². The number of para-hydroxylation sites is 3. The molecule has 0 saturated heterocycles. The molecular weight excluding hydrogens is 280 g/mol. The van der Waals surface area contributed by atoms with E-state index < -0.39 is 6.10 Å². The van der Waals surface area contributed by atoms with Crippen molar-refractivity contribution in [3.63, 3.8) is 0 Å². The Labute approximate surface area is 130 Å². The van der Waals surface area contributed by atoms with Gasteiger partial charge in [0.25, 0.3) is 5.91 Å². The van der Waals surface area contributed by atoms with Gasteiger partial charge in [0.15, 0.2) is 17.6 Å². The molecule has 0 spiro atoms. The van der Waals surface area contributed by atoms with E-state index in [2.05, 4.69) is 5.32 Å². The standard InChI is InChI=1S/C17H20N2O3/c1-12(22-16-10-6-5-9-15(16)21-2)17(20)19-14-8-4-3-7-13(14)11-18/h3-10,12H,11,18H2,1-2H3,(H,19,20). The van der Waals surface area contributed by atoms with E-state index in [1.165, 1.54) is 0 Å². The van der Waals surface area contributed by atoms with Crippen LogP contribution in [-0.4, -0.2) is 19.1 Å². The third kappa shape index (κ3) is 3.77. The highest BCUT2D eigenvalue weighted by molar-refractivity contribution is 5.94. The minimum Gasteiger partial charge on any atom is -0.493 e. The molecule has 5 heteroatoms. The molecule has 2 rings (SSSR count). The van der Waals surface area contributed by atoms with Crippen molar-refractivity contribution in [3.8, 4) is 11.5 Å². The number of benzene rings is 2. The molecule has 1 amide bonds. The van der Waals surface area contributed by atoms with Crippen molar-refractivity contribution in [2.75, 3.05) is 12.4 Å². The maximum absolute atomic E-state index is 12.3. The van der Waals surface area contributed by atoms with Crippen LogP contribution < -0.4 is 20.5 Å². The van der Waals surface area contributed by atoms with Crippen LogP contribution in [0.2, 0.25) is 0 Å². The lowest BCUT2D eigenvalue weighted by Crippen LogP contribution is -2.30. The molecule has 0 heterocycles. The van der Waals surface area contributed by atoms with Crippen LogP contribution in [0.1, 0.15) is 12.5 Å². The number of nitrogens with one attached hydrogen (secondary N) is 1. The van der Waals surface area contributed by atoms with Crippen molar-refractivity contribution in [3.05, 3.63) is 54.1 Å². The fraction of sp³-hybridized carbons (Fsp3) is 0.235. The van der Waals surface area contributed by atoms with Crippen LogP contribution in [0, 0.1) is 0 Å². The first-order valence-electron chi connectivity index (χ1n) is 7.04. The van der Waals surface area contributed by atoms with E-state index in [1.807, 2.05) is 36.4 Å². The fourth-order valence-electron chi connectivity index (χ4n) is 2.01. The van der Waals surface area contributed by atoms with Crippen LogP contribution in [0.4, 0.5) is 5.69 Å². The highest BCUT2D eigenvalue weighted by atomic mass is 16.5. The van der Waals surface area contributed by atoms with Gasteiger partial charge in [-0.25, -0.2) is 0 Å². The van der Waals surface area contributed by atoms with Crippen LogP contribution in [0.3, 0.4) is 0 Å². The Morgan fingerprint density at radius 2 is 1.77 bits per heavy atom. The van der Waals surface area contributed by atoms with E-state index >= 15 is 0 Å². The van der Waals surface area contributed by atoms with Crippen molar-refractivity contribution in [2.45, 2.75) is 19.6 Å². The number of ether oxygens (including phenoxy) is 2.